The molecule has 8 nitrogen and oxygen atoms in total. The minimum absolute atomic E-state index is 0.0795. The van der Waals surface area contributed by atoms with Gasteiger partial charge in [-0.2, -0.15) is 4.98 Å². The van der Waals surface area contributed by atoms with Crippen LogP contribution in [0.5, 0.6) is 0 Å². The second-order valence-corrected chi connectivity index (χ2v) is 6.60. The van der Waals surface area contributed by atoms with Gasteiger partial charge in [0, 0.05) is 11.6 Å². The monoisotopic (exact) mass is 374 g/mol. The number of nitrogens with zero attached hydrogens (tertiary/aromatic N) is 3. The van der Waals surface area contributed by atoms with E-state index in [0.29, 0.717) is 16.9 Å². The second kappa shape index (κ2) is 6.54. The Balaban J connectivity index is 1.67. The summed E-state index contributed by atoms with van der Waals surface area (Å²) in [6, 6.07) is 6.97. The summed E-state index contributed by atoms with van der Waals surface area (Å²) in [4.78, 5) is 8.29. The number of hydrogen-bond acceptors (Lipinski definition) is 7. The molecule has 5 N–H and O–H groups in total. The number of nitrogens with two attached hydrogens (primary N) is 1. The SMILES string of the molecule is Cc1nc(N)nc2c1ccn2[C@@H]1O[C@H]([C@@H](O)c2ccc(F)cc2)[C@@H](O)[C@H]1O. The number of aliphatic hydroxyl groups excluding tert-OH is 3. The highest BCUT2D eigenvalue weighted by atomic mass is 19.1. The predicted molar refractivity (Wildman–Crippen MR) is 94.0 cm³/mol. The average molecular weight is 374 g/mol. The van der Waals surface area contributed by atoms with Gasteiger partial charge in [0.2, 0.25) is 5.95 Å². The zero-order valence-electron chi connectivity index (χ0n) is 14.4. The molecule has 4 rings (SSSR count). The van der Waals surface area contributed by atoms with Gasteiger partial charge in [0.05, 0.1) is 5.69 Å². The van der Waals surface area contributed by atoms with Crippen LogP contribution < -0.4 is 5.73 Å². The lowest BCUT2D eigenvalue weighted by molar-refractivity contribution is -0.0848. The molecule has 2 aromatic heterocycles. The minimum Gasteiger partial charge on any atom is -0.387 e. The van der Waals surface area contributed by atoms with E-state index >= 15 is 0 Å². The van der Waals surface area contributed by atoms with Crippen LogP contribution in [0.2, 0.25) is 0 Å². The number of aromatic nitrogens is 3. The third-order valence-electron chi connectivity index (χ3n) is 4.85. The molecule has 1 saturated heterocycles. The Labute approximate surface area is 153 Å². The maximum absolute atomic E-state index is 13.1. The molecule has 1 aliphatic rings. The van der Waals surface area contributed by atoms with Crippen LogP contribution in [-0.4, -0.2) is 48.2 Å². The van der Waals surface area contributed by atoms with Crippen LogP contribution in [0.3, 0.4) is 0 Å². The molecule has 0 spiro atoms. The van der Waals surface area contributed by atoms with Gasteiger partial charge < -0.3 is 30.4 Å². The highest BCUT2D eigenvalue weighted by Gasteiger charge is 2.47. The van der Waals surface area contributed by atoms with Crippen molar-refractivity contribution in [2.75, 3.05) is 5.73 Å². The fourth-order valence-corrected chi connectivity index (χ4v) is 3.44. The van der Waals surface area contributed by atoms with Crippen LogP contribution >= 0.6 is 0 Å². The van der Waals surface area contributed by atoms with Gasteiger partial charge in [-0.1, -0.05) is 12.1 Å². The summed E-state index contributed by atoms with van der Waals surface area (Å²) in [5.74, 6) is -0.362. The molecule has 3 aromatic rings. The van der Waals surface area contributed by atoms with Crippen LogP contribution in [0.25, 0.3) is 11.0 Å². The summed E-state index contributed by atoms with van der Waals surface area (Å²) >= 11 is 0. The van der Waals surface area contributed by atoms with Crippen molar-refractivity contribution in [3.63, 3.8) is 0 Å². The quantitative estimate of drug-likeness (QED) is 0.534. The molecule has 0 radical (unpaired) electrons. The molecular weight excluding hydrogens is 355 g/mol. The first-order valence-corrected chi connectivity index (χ1v) is 8.42. The summed E-state index contributed by atoms with van der Waals surface area (Å²) in [6.07, 6.45) is -4.34. The van der Waals surface area contributed by atoms with E-state index in [2.05, 4.69) is 9.97 Å². The molecule has 27 heavy (non-hydrogen) atoms. The number of fused-ring (bicyclic) bond motifs is 1. The molecule has 1 fully saturated rings. The first-order chi connectivity index (χ1) is 12.9. The van der Waals surface area contributed by atoms with Crippen LogP contribution in [0.15, 0.2) is 36.5 Å². The van der Waals surface area contributed by atoms with E-state index in [1.54, 1.807) is 23.8 Å². The molecule has 142 valence electrons. The van der Waals surface area contributed by atoms with E-state index in [0.717, 1.165) is 5.39 Å². The van der Waals surface area contributed by atoms with Gasteiger partial charge >= 0.3 is 0 Å². The highest BCUT2D eigenvalue weighted by molar-refractivity contribution is 5.79. The maximum atomic E-state index is 13.1. The molecule has 0 aliphatic carbocycles. The van der Waals surface area contributed by atoms with E-state index in [-0.39, 0.29) is 5.95 Å². The molecule has 0 amide bonds. The lowest BCUT2D eigenvalue weighted by atomic mass is 9.99. The third-order valence-corrected chi connectivity index (χ3v) is 4.85. The number of nitrogen functional groups attached to an aromatic ring is 1. The molecule has 0 bridgehead atoms. The minimum atomic E-state index is -1.35. The van der Waals surface area contributed by atoms with E-state index in [4.69, 9.17) is 10.5 Å². The normalized spacial score (nSPS) is 26.6. The first kappa shape index (κ1) is 17.8. The van der Waals surface area contributed by atoms with Crippen molar-refractivity contribution in [2.24, 2.45) is 0 Å². The Morgan fingerprint density at radius 2 is 1.85 bits per heavy atom. The Bertz CT molecular complexity index is 977. The van der Waals surface area contributed by atoms with Gasteiger partial charge in [0.1, 0.15) is 35.9 Å². The summed E-state index contributed by atoms with van der Waals surface area (Å²) in [6.45, 7) is 1.78. The zero-order chi connectivity index (χ0) is 19.3. The molecule has 1 aromatic carbocycles. The third kappa shape index (κ3) is 2.94. The number of aryl methyl sites for hydroxylation is 1. The van der Waals surface area contributed by atoms with Crippen LogP contribution in [0.4, 0.5) is 10.3 Å². The fourth-order valence-electron chi connectivity index (χ4n) is 3.44. The number of rotatable bonds is 3. The van der Waals surface area contributed by atoms with Crippen molar-refractivity contribution in [3.8, 4) is 0 Å². The standard InChI is InChI=1S/C18H19FN4O4/c1-8-11-6-7-23(16(11)22-18(20)21-8)17-14(26)13(25)15(27-17)12(24)9-2-4-10(19)5-3-9/h2-7,12-15,17,24-26H,1H3,(H2,20,21,22)/t12-,13-,14+,15+,17+/m0/s1. The second-order valence-electron chi connectivity index (χ2n) is 6.60. The molecule has 9 heteroatoms. The summed E-state index contributed by atoms with van der Waals surface area (Å²) in [5.41, 5.74) is 7.21. The Morgan fingerprint density at radius 3 is 2.56 bits per heavy atom. The van der Waals surface area contributed by atoms with Crippen molar-refractivity contribution in [2.45, 2.75) is 37.6 Å². The lowest BCUT2D eigenvalue weighted by Gasteiger charge is -2.21. The smallest absolute Gasteiger partial charge is 0.222 e. The topological polar surface area (TPSA) is 127 Å². The molecule has 5 atom stereocenters. The van der Waals surface area contributed by atoms with Crippen molar-refractivity contribution >= 4 is 17.0 Å². The van der Waals surface area contributed by atoms with Crippen molar-refractivity contribution in [1.29, 1.82) is 0 Å². The molecule has 3 heterocycles. The predicted octanol–water partition coefficient (Wildman–Crippen LogP) is 0.814. The Morgan fingerprint density at radius 1 is 1.15 bits per heavy atom. The molecular formula is C18H19FN4O4. The van der Waals surface area contributed by atoms with Gasteiger partial charge in [-0.25, -0.2) is 9.37 Å². The van der Waals surface area contributed by atoms with Crippen molar-refractivity contribution in [1.82, 2.24) is 14.5 Å². The number of anilines is 1. The van der Waals surface area contributed by atoms with E-state index < -0.39 is 36.5 Å². The Kier molecular flexibility index (Phi) is 4.31. The largest absolute Gasteiger partial charge is 0.387 e. The number of hydrogen-bond donors (Lipinski definition) is 4. The van der Waals surface area contributed by atoms with Gasteiger partial charge in [-0.3, -0.25) is 0 Å². The molecule has 0 saturated carbocycles. The van der Waals surface area contributed by atoms with Crippen molar-refractivity contribution < 1.29 is 24.4 Å². The Hall–Kier alpha value is -2.59. The van der Waals surface area contributed by atoms with Crippen molar-refractivity contribution in [3.05, 3.63) is 53.6 Å². The summed E-state index contributed by atoms with van der Waals surface area (Å²) < 4.78 is 20.4. The number of benzene rings is 1. The summed E-state index contributed by atoms with van der Waals surface area (Å²) in [7, 11) is 0. The van der Waals surface area contributed by atoms with E-state index in [1.807, 2.05) is 0 Å². The van der Waals surface area contributed by atoms with E-state index in [1.165, 1.54) is 24.3 Å². The zero-order valence-corrected chi connectivity index (χ0v) is 14.4. The number of ether oxygens (including phenoxy) is 1. The van der Waals surface area contributed by atoms with Gasteiger partial charge in [-0.15, -0.1) is 0 Å². The van der Waals surface area contributed by atoms with Gasteiger partial charge in [-0.05, 0) is 30.7 Å². The van der Waals surface area contributed by atoms with Gasteiger partial charge in [0.25, 0.3) is 0 Å². The van der Waals surface area contributed by atoms with Crippen LogP contribution in [-0.2, 0) is 4.74 Å². The van der Waals surface area contributed by atoms with Crippen LogP contribution in [0.1, 0.15) is 23.6 Å². The van der Waals surface area contributed by atoms with E-state index in [9.17, 15) is 19.7 Å². The fraction of sp³-hybridized carbons (Fsp3) is 0.333. The first-order valence-electron chi connectivity index (χ1n) is 8.42. The number of halogens is 1. The lowest BCUT2D eigenvalue weighted by Crippen LogP contribution is -2.34. The maximum Gasteiger partial charge on any atom is 0.222 e. The van der Waals surface area contributed by atoms with Gasteiger partial charge in [0.15, 0.2) is 6.23 Å². The molecule has 0 unspecified atom stereocenters. The molecule has 1 aliphatic heterocycles. The highest BCUT2D eigenvalue weighted by Crippen LogP contribution is 2.37. The average Bonchev–Trinajstić information content (AvgIpc) is 3.17. The van der Waals surface area contributed by atoms with Crippen LogP contribution in [0, 0.1) is 12.7 Å². The summed E-state index contributed by atoms with van der Waals surface area (Å²) in [5, 5.41) is 32.2. The number of aliphatic hydroxyl groups is 3.